The Hall–Kier alpha value is -5.25. The van der Waals surface area contributed by atoms with E-state index in [1.54, 1.807) is 47.0 Å². The molecule has 3 aromatic carbocycles. The summed E-state index contributed by atoms with van der Waals surface area (Å²) >= 11 is 0. The smallest absolute Gasteiger partial charge is 0.251 e. The van der Waals surface area contributed by atoms with Gasteiger partial charge in [-0.1, -0.05) is 24.3 Å². The van der Waals surface area contributed by atoms with Crippen LogP contribution in [0.4, 0.5) is 16.0 Å². The van der Waals surface area contributed by atoms with E-state index in [2.05, 4.69) is 26.0 Å². The van der Waals surface area contributed by atoms with E-state index in [4.69, 9.17) is 4.74 Å². The highest BCUT2D eigenvalue weighted by atomic mass is 19.1. The number of nitrogens with zero attached hydrogens (tertiary/aromatic N) is 3. The van der Waals surface area contributed by atoms with Crippen molar-refractivity contribution in [1.82, 2.24) is 25.2 Å². The van der Waals surface area contributed by atoms with Gasteiger partial charge in [0.25, 0.3) is 11.8 Å². The summed E-state index contributed by atoms with van der Waals surface area (Å²) in [5.41, 5.74) is 4.51. The molecule has 5 aromatic rings. The quantitative estimate of drug-likeness (QED) is 0.221. The van der Waals surface area contributed by atoms with Gasteiger partial charge in [0.05, 0.1) is 12.8 Å². The number of carbonyl (C=O) groups excluding carboxylic acids is 2. The molecule has 42 heavy (non-hydrogen) atoms. The molecule has 0 aliphatic rings. The lowest BCUT2D eigenvalue weighted by Gasteiger charge is -2.21. The molecule has 0 saturated carbocycles. The monoisotopic (exact) mass is 566 g/mol. The van der Waals surface area contributed by atoms with E-state index < -0.39 is 0 Å². The number of amides is 2. The highest BCUT2D eigenvalue weighted by Gasteiger charge is 2.17. The number of aromatic nitrogens is 3. The third kappa shape index (κ3) is 6.72. The molecule has 214 valence electrons. The third-order valence-corrected chi connectivity index (χ3v) is 6.38. The normalized spacial score (nSPS) is 11.3. The fourth-order valence-electron chi connectivity index (χ4n) is 4.28. The topological polar surface area (TPSA) is 110 Å². The molecular formula is C32H31FN6O3. The summed E-state index contributed by atoms with van der Waals surface area (Å²) in [6, 6.07) is 22.2. The van der Waals surface area contributed by atoms with Crippen molar-refractivity contribution >= 4 is 29.1 Å². The van der Waals surface area contributed by atoms with Crippen LogP contribution < -0.4 is 20.7 Å². The van der Waals surface area contributed by atoms with Crippen molar-refractivity contribution < 1.29 is 18.7 Å². The predicted molar refractivity (Wildman–Crippen MR) is 159 cm³/mol. The van der Waals surface area contributed by atoms with E-state index in [9.17, 15) is 14.0 Å². The van der Waals surface area contributed by atoms with Gasteiger partial charge in [-0.15, -0.1) is 5.10 Å². The lowest BCUT2D eigenvalue weighted by atomic mass is 10.1. The van der Waals surface area contributed by atoms with Crippen LogP contribution in [0.1, 0.15) is 47.1 Å². The first-order valence-corrected chi connectivity index (χ1v) is 13.3. The lowest BCUT2D eigenvalue weighted by Crippen LogP contribution is -2.40. The van der Waals surface area contributed by atoms with Gasteiger partial charge in [-0.05, 0) is 86.5 Å². The summed E-state index contributed by atoms with van der Waals surface area (Å²) in [5, 5.41) is 13.5. The van der Waals surface area contributed by atoms with Crippen molar-refractivity contribution in [2.45, 2.75) is 32.9 Å². The second-order valence-corrected chi connectivity index (χ2v) is 10.8. The summed E-state index contributed by atoms with van der Waals surface area (Å²) in [6.07, 6.45) is 1.86. The van der Waals surface area contributed by atoms with Crippen LogP contribution in [0.2, 0.25) is 0 Å². The van der Waals surface area contributed by atoms with Crippen molar-refractivity contribution in [1.29, 1.82) is 0 Å². The van der Waals surface area contributed by atoms with E-state index in [1.807, 2.05) is 51.2 Å². The maximum absolute atomic E-state index is 13.1. The molecule has 0 atom stereocenters. The second kappa shape index (κ2) is 11.7. The molecule has 9 nitrogen and oxygen atoms in total. The van der Waals surface area contributed by atoms with Gasteiger partial charge in [0.2, 0.25) is 5.95 Å². The van der Waals surface area contributed by atoms with Crippen molar-refractivity contribution in [3.63, 3.8) is 0 Å². The fourth-order valence-corrected chi connectivity index (χ4v) is 4.28. The van der Waals surface area contributed by atoms with Gasteiger partial charge in [-0.3, -0.25) is 9.59 Å². The Morgan fingerprint density at radius 1 is 0.881 bits per heavy atom. The zero-order valence-corrected chi connectivity index (χ0v) is 23.7. The molecule has 0 spiro atoms. The lowest BCUT2D eigenvalue weighted by molar-refractivity contribution is 0.0917. The highest BCUT2D eigenvalue weighted by Crippen LogP contribution is 2.29. The minimum Gasteiger partial charge on any atom is -0.495 e. The molecule has 0 unspecified atom stereocenters. The van der Waals surface area contributed by atoms with Crippen LogP contribution in [0, 0.1) is 5.82 Å². The minimum atomic E-state index is -0.358. The molecule has 0 fully saturated rings. The first-order valence-electron chi connectivity index (χ1n) is 13.3. The number of benzene rings is 3. The number of rotatable bonds is 8. The first kappa shape index (κ1) is 28.3. The van der Waals surface area contributed by atoms with Crippen LogP contribution in [0.3, 0.4) is 0 Å². The van der Waals surface area contributed by atoms with Crippen LogP contribution in [-0.4, -0.2) is 39.1 Å². The Bertz CT molecular complexity index is 1740. The molecular weight excluding hydrogens is 535 g/mol. The summed E-state index contributed by atoms with van der Waals surface area (Å²) < 4.78 is 20.3. The summed E-state index contributed by atoms with van der Waals surface area (Å²) in [4.78, 5) is 29.7. The second-order valence-electron chi connectivity index (χ2n) is 10.8. The number of carbonyl (C=O) groups is 2. The van der Waals surface area contributed by atoms with Crippen LogP contribution in [-0.2, 0) is 6.54 Å². The molecule has 0 radical (unpaired) electrons. The maximum atomic E-state index is 13.1. The number of ether oxygens (including phenoxy) is 1. The molecule has 0 aliphatic heterocycles. The number of halogens is 1. The van der Waals surface area contributed by atoms with Crippen molar-refractivity contribution in [2.75, 3.05) is 12.4 Å². The SMILES string of the molecule is COc1cc(C(=O)NC(C)(C)C)ccc1Nc1nc2ccc(-c3ccc(C(=O)NCc4ccc(F)cc4)cc3)cn2n1. The molecule has 2 aromatic heterocycles. The Labute approximate surface area is 242 Å². The third-order valence-electron chi connectivity index (χ3n) is 6.38. The van der Waals surface area contributed by atoms with Gasteiger partial charge in [0.1, 0.15) is 11.6 Å². The Balaban J connectivity index is 1.27. The first-order chi connectivity index (χ1) is 20.1. The molecule has 3 N–H and O–H groups in total. The zero-order chi connectivity index (χ0) is 29.9. The van der Waals surface area contributed by atoms with Gasteiger partial charge in [0.15, 0.2) is 5.65 Å². The van der Waals surface area contributed by atoms with Crippen LogP contribution in [0.15, 0.2) is 85.1 Å². The molecule has 10 heteroatoms. The Morgan fingerprint density at radius 3 is 2.26 bits per heavy atom. The number of nitrogens with one attached hydrogen (secondary N) is 3. The van der Waals surface area contributed by atoms with Crippen molar-refractivity contribution in [3.8, 4) is 16.9 Å². The standard InChI is InChI=1S/C32H31FN6O3/c1-32(2,3)37-30(41)23-11-15-26(27(17-23)42-4)35-31-36-28-16-12-24(19-39(28)38-31)21-7-9-22(10-8-21)29(40)34-18-20-5-13-25(33)14-6-20/h5-17,19H,18H2,1-4H3,(H,34,40)(H,35,38)(H,37,41). The highest BCUT2D eigenvalue weighted by molar-refractivity contribution is 5.96. The number of pyridine rings is 1. The molecule has 0 aliphatic carbocycles. The Morgan fingerprint density at radius 2 is 1.57 bits per heavy atom. The van der Waals surface area contributed by atoms with Crippen LogP contribution >= 0.6 is 0 Å². The zero-order valence-electron chi connectivity index (χ0n) is 23.7. The number of hydrogen-bond acceptors (Lipinski definition) is 6. The number of fused-ring (bicyclic) bond motifs is 1. The fraction of sp³-hybridized carbons (Fsp3) is 0.188. The van der Waals surface area contributed by atoms with Gasteiger partial charge in [-0.25, -0.2) is 8.91 Å². The minimum absolute atomic E-state index is 0.190. The van der Waals surface area contributed by atoms with E-state index in [0.717, 1.165) is 16.7 Å². The average molecular weight is 567 g/mol. The molecule has 0 saturated heterocycles. The number of anilines is 2. The van der Waals surface area contributed by atoms with E-state index >= 15 is 0 Å². The van der Waals surface area contributed by atoms with E-state index in [-0.39, 0.29) is 23.2 Å². The summed E-state index contributed by atoms with van der Waals surface area (Å²) in [5.74, 6) is 0.130. The van der Waals surface area contributed by atoms with E-state index in [1.165, 1.54) is 19.2 Å². The van der Waals surface area contributed by atoms with Crippen molar-refractivity contribution in [3.05, 3.63) is 108 Å². The number of methoxy groups -OCH3 is 1. The maximum Gasteiger partial charge on any atom is 0.251 e. The number of hydrogen-bond donors (Lipinski definition) is 3. The van der Waals surface area contributed by atoms with Crippen molar-refractivity contribution in [2.24, 2.45) is 0 Å². The average Bonchev–Trinajstić information content (AvgIpc) is 3.37. The van der Waals surface area contributed by atoms with Crippen LogP contribution in [0.5, 0.6) is 5.75 Å². The van der Waals surface area contributed by atoms with Gasteiger partial charge in [-0.2, -0.15) is 4.98 Å². The van der Waals surface area contributed by atoms with Gasteiger partial charge < -0.3 is 20.7 Å². The molecule has 5 rings (SSSR count). The molecule has 2 heterocycles. The summed E-state index contributed by atoms with van der Waals surface area (Å²) in [6.45, 7) is 6.08. The largest absolute Gasteiger partial charge is 0.495 e. The van der Waals surface area contributed by atoms with Gasteiger partial charge >= 0.3 is 0 Å². The summed E-state index contributed by atoms with van der Waals surface area (Å²) in [7, 11) is 1.54. The Kier molecular flexibility index (Phi) is 7.88. The molecule has 0 bridgehead atoms. The van der Waals surface area contributed by atoms with Gasteiger partial charge in [0, 0.05) is 35.0 Å². The van der Waals surface area contributed by atoms with Crippen LogP contribution in [0.25, 0.3) is 16.8 Å². The predicted octanol–water partition coefficient (Wildman–Crippen LogP) is 5.75. The van der Waals surface area contributed by atoms with E-state index in [0.29, 0.717) is 40.7 Å². The molecule has 2 amide bonds.